The highest BCUT2D eigenvalue weighted by atomic mass is 35.5. The lowest BCUT2D eigenvalue weighted by Gasteiger charge is -2.27. The van der Waals surface area contributed by atoms with Crippen LogP contribution in [0.1, 0.15) is 0 Å². The van der Waals surface area contributed by atoms with Crippen LogP contribution in [0, 0.1) is 0 Å². The van der Waals surface area contributed by atoms with E-state index >= 15 is 0 Å². The van der Waals surface area contributed by atoms with Crippen LogP contribution >= 0.6 is 48.0 Å². The second-order valence-electron chi connectivity index (χ2n) is 4.56. The number of hydrogen-bond acceptors (Lipinski definition) is 4. The lowest BCUT2D eigenvalue weighted by atomic mass is 10.3. The summed E-state index contributed by atoms with van der Waals surface area (Å²) in [5.41, 5.74) is 0. The highest BCUT2D eigenvalue weighted by molar-refractivity contribution is 7.89. The molecule has 1 aromatic carbocycles. The van der Waals surface area contributed by atoms with E-state index < -0.39 is 10.0 Å². The minimum atomic E-state index is -3.62. The average Bonchev–Trinajstić information content (AvgIpc) is 2.42. The summed E-state index contributed by atoms with van der Waals surface area (Å²) in [7, 11) is -3.62. The third-order valence-corrected chi connectivity index (χ3v) is 5.29. The minimum absolute atomic E-state index is 0. The zero-order valence-electron chi connectivity index (χ0n) is 11.7. The molecule has 1 aromatic rings. The second-order valence-corrected chi connectivity index (χ2v) is 7.14. The molecule has 0 aliphatic carbocycles. The normalized spacial score (nSPS) is 15.7. The molecular weight excluding hydrogens is 392 g/mol. The summed E-state index contributed by atoms with van der Waals surface area (Å²) >= 11 is 11.7. The smallest absolute Gasteiger partial charge is 0.242 e. The first-order chi connectivity index (χ1) is 9.49. The summed E-state index contributed by atoms with van der Waals surface area (Å²) < 4.78 is 26.9. The van der Waals surface area contributed by atoms with Crippen LogP contribution in [-0.4, -0.2) is 52.6 Å². The Morgan fingerprint density at radius 1 is 1.18 bits per heavy atom. The van der Waals surface area contributed by atoms with E-state index in [1.54, 1.807) is 6.07 Å². The van der Waals surface area contributed by atoms with E-state index in [4.69, 9.17) is 23.2 Å². The van der Waals surface area contributed by atoms with Gasteiger partial charge >= 0.3 is 0 Å². The number of rotatable bonds is 5. The largest absolute Gasteiger partial charge is 0.314 e. The highest BCUT2D eigenvalue weighted by Gasteiger charge is 2.18. The summed E-state index contributed by atoms with van der Waals surface area (Å²) in [5, 5.41) is 3.76. The zero-order chi connectivity index (χ0) is 14.6. The van der Waals surface area contributed by atoms with E-state index in [-0.39, 0.29) is 34.7 Å². The topological polar surface area (TPSA) is 61.4 Å². The molecule has 1 saturated heterocycles. The fraction of sp³-hybridized carbons (Fsp3) is 0.500. The monoisotopic (exact) mass is 409 g/mol. The quantitative estimate of drug-likeness (QED) is 0.779. The van der Waals surface area contributed by atoms with E-state index in [2.05, 4.69) is 14.9 Å². The van der Waals surface area contributed by atoms with Crippen LogP contribution in [0.15, 0.2) is 23.1 Å². The van der Waals surface area contributed by atoms with Crippen molar-refractivity contribution in [3.63, 3.8) is 0 Å². The summed E-state index contributed by atoms with van der Waals surface area (Å²) in [4.78, 5) is 2.23. The molecule has 128 valence electrons. The maximum absolute atomic E-state index is 12.2. The van der Waals surface area contributed by atoms with Crippen molar-refractivity contribution in [2.75, 3.05) is 39.3 Å². The summed E-state index contributed by atoms with van der Waals surface area (Å²) in [5.74, 6) is 0. The average molecular weight is 411 g/mol. The number of sulfonamides is 1. The molecule has 1 aliphatic rings. The van der Waals surface area contributed by atoms with Gasteiger partial charge in [0, 0.05) is 44.3 Å². The first-order valence-corrected chi connectivity index (χ1v) is 8.61. The van der Waals surface area contributed by atoms with Crippen molar-refractivity contribution in [2.24, 2.45) is 0 Å². The molecule has 1 aliphatic heterocycles. The Labute approximate surface area is 153 Å². The number of hydrogen-bond donors (Lipinski definition) is 2. The van der Waals surface area contributed by atoms with Crippen LogP contribution in [0.5, 0.6) is 0 Å². The van der Waals surface area contributed by atoms with Gasteiger partial charge in [0.25, 0.3) is 0 Å². The van der Waals surface area contributed by atoms with Crippen molar-refractivity contribution >= 4 is 58.0 Å². The molecule has 0 spiro atoms. The number of nitrogens with one attached hydrogen (secondary N) is 2. The Bertz CT molecular complexity index is 565. The van der Waals surface area contributed by atoms with Crippen molar-refractivity contribution in [3.05, 3.63) is 28.2 Å². The molecule has 0 unspecified atom stereocenters. The number of piperazine rings is 1. The van der Waals surface area contributed by atoms with E-state index in [0.717, 1.165) is 26.2 Å². The Balaban J connectivity index is 0.00000220. The lowest BCUT2D eigenvalue weighted by molar-refractivity contribution is 0.245. The van der Waals surface area contributed by atoms with Gasteiger partial charge in [0.05, 0.1) is 5.02 Å². The maximum atomic E-state index is 12.2. The molecule has 22 heavy (non-hydrogen) atoms. The third-order valence-electron chi connectivity index (χ3n) is 3.11. The molecule has 0 saturated carbocycles. The van der Waals surface area contributed by atoms with Crippen molar-refractivity contribution in [1.29, 1.82) is 0 Å². The van der Waals surface area contributed by atoms with E-state index in [0.29, 0.717) is 18.1 Å². The van der Waals surface area contributed by atoms with Gasteiger partial charge in [-0.15, -0.1) is 24.8 Å². The Hall–Kier alpha value is 0.210. The number of benzene rings is 1. The van der Waals surface area contributed by atoms with Crippen LogP contribution in [0.25, 0.3) is 0 Å². The lowest BCUT2D eigenvalue weighted by Crippen LogP contribution is -2.46. The van der Waals surface area contributed by atoms with Gasteiger partial charge in [-0.2, -0.15) is 0 Å². The fourth-order valence-electron chi connectivity index (χ4n) is 2.03. The summed E-state index contributed by atoms with van der Waals surface area (Å²) in [6.07, 6.45) is 0. The summed E-state index contributed by atoms with van der Waals surface area (Å²) in [6, 6.07) is 4.40. The molecular formula is C12H19Cl4N3O2S. The molecule has 0 aromatic heterocycles. The third kappa shape index (κ3) is 6.37. The van der Waals surface area contributed by atoms with E-state index in [1.807, 2.05) is 0 Å². The first kappa shape index (κ1) is 22.2. The van der Waals surface area contributed by atoms with Gasteiger partial charge in [0.1, 0.15) is 4.90 Å². The van der Waals surface area contributed by atoms with Crippen LogP contribution in [0.3, 0.4) is 0 Å². The molecule has 0 amide bonds. The van der Waals surface area contributed by atoms with Crippen LogP contribution < -0.4 is 10.0 Å². The van der Waals surface area contributed by atoms with Gasteiger partial charge in [-0.25, -0.2) is 13.1 Å². The maximum Gasteiger partial charge on any atom is 0.242 e. The molecule has 0 atom stereocenters. The predicted molar refractivity (Wildman–Crippen MR) is 95.5 cm³/mol. The first-order valence-electron chi connectivity index (χ1n) is 6.37. The van der Waals surface area contributed by atoms with Gasteiger partial charge in [0.15, 0.2) is 0 Å². The molecule has 2 rings (SSSR count). The molecule has 1 fully saturated rings. The Morgan fingerprint density at radius 2 is 1.82 bits per heavy atom. The van der Waals surface area contributed by atoms with Crippen molar-refractivity contribution in [2.45, 2.75) is 4.90 Å². The van der Waals surface area contributed by atoms with E-state index in [1.165, 1.54) is 12.1 Å². The molecule has 2 N–H and O–H groups in total. The van der Waals surface area contributed by atoms with Gasteiger partial charge in [0.2, 0.25) is 10.0 Å². The van der Waals surface area contributed by atoms with Gasteiger partial charge < -0.3 is 5.32 Å². The minimum Gasteiger partial charge on any atom is -0.314 e. The Morgan fingerprint density at radius 3 is 2.45 bits per heavy atom. The number of halogens is 4. The highest BCUT2D eigenvalue weighted by Crippen LogP contribution is 2.24. The molecule has 10 heteroatoms. The number of nitrogens with zero attached hydrogens (tertiary/aromatic N) is 1. The predicted octanol–water partition coefficient (Wildman–Crippen LogP) is 2.02. The van der Waals surface area contributed by atoms with Gasteiger partial charge in [-0.1, -0.05) is 23.2 Å². The standard InChI is InChI=1S/C12H17Cl2N3O2S.2ClH/c13-10-1-2-11(14)12(9-10)20(18,19)16-5-8-17-6-3-15-4-7-17;;/h1-2,9,15-16H,3-8H2;2*1H. The molecule has 0 radical (unpaired) electrons. The fourth-order valence-corrected chi connectivity index (χ4v) is 3.82. The van der Waals surface area contributed by atoms with Crippen molar-refractivity contribution < 1.29 is 8.42 Å². The zero-order valence-corrected chi connectivity index (χ0v) is 15.7. The molecule has 0 bridgehead atoms. The Kier molecular flexibility index (Phi) is 10.3. The van der Waals surface area contributed by atoms with Crippen molar-refractivity contribution in [1.82, 2.24) is 14.9 Å². The van der Waals surface area contributed by atoms with Gasteiger partial charge in [-0.05, 0) is 18.2 Å². The van der Waals surface area contributed by atoms with Crippen LogP contribution in [-0.2, 0) is 10.0 Å². The van der Waals surface area contributed by atoms with Crippen LogP contribution in [0.2, 0.25) is 10.0 Å². The molecule has 5 nitrogen and oxygen atoms in total. The van der Waals surface area contributed by atoms with E-state index in [9.17, 15) is 8.42 Å². The summed E-state index contributed by atoms with van der Waals surface area (Å²) in [6.45, 7) is 4.77. The van der Waals surface area contributed by atoms with Gasteiger partial charge in [-0.3, -0.25) is 4.90 Å². The van der Waals surface area contributed by atoms with Crippen LogP contribution in [0.4, 0.5) is 0 Å². The van der Waals surface area contributed by atoms with Crippen molar-refractivity contribution in [3.8, 4) is 0 Å². The molecule has 1 heterocycles. The SMILES string of the molecule is Cl.Cl.O=S(=O)(NCCN1CCNCC1)c1cc(Cl)ccc1Cl. The second kappa shape index (κ2) is 10.2.